The van der Waals surface area contributed by atoms with Crippen LogP contribution in [-0.4, -0.2) is 48.8 Å². The topological polar surface area (TPSA) is 49.8 Å². The van der Waals surface area contributed by atoms with Gasteiger partial charge in [-0.25, -0.2) is 0 Å². The molecule has 0 fully saturated rings. The van der Waals surface area contributed by atoms with E-state index in [0.717, 1.165) is 11.1 Å². The smallest absolute Gasteiger partial charge is 0.254 e. The summed E-state index contributed by atoms with van der Waals surface area (Å²) in [6, 6.07) is 5.48. The monoisotopic (exact) mass is 289 g/mol. The molecule has 1 unspecified atom stereocenters. The number of aliphatic hydroxyl groups is 1. The molecule has 1 amide bonds. The first-order chi connectivity index (χ1) is 10.0. The molecule has 0 radical (unpaired) electrons. The van der Waals surface area contributed by atoms with E-state index < -0.39 is 0 Å². The van der Waals surface area contributed by atoms with Crippen LogP contribution in [0, 0.1) is 18.8 Å². The van der Waals surface area contributed by atoms with Crippen LogP contribution < -0.4 is 0 Å². The molecule has 114 valence electrons. The van der Waals surface area contributed by atoms with Crippen LogP contribution in [0.3, 0.4) is 0 Å². The fourth-order valence-corrected chi connectivity index (χ4v) is 2.18. The average molecular weight is 289 g/mol. The molecule has 0 saturated heterocycles. The molecule has 0 aliphatic carbocycles. The average Bonchev–Trinajstić information content (AvgIpc) is 2.47. The van der Waals surface area contributed by atoms with Gasteiger partial charge in [0.2, 0.25) is 0 Å². The second kappa shape index (κ2) is 8.46. The number of nitrogens with zero attached hydrogens (tertiary/aromatic N) is 1. The summed E-state index contributed by atoms with van der Waals surface area (Å²) < 4.78 is 5.12. The first-order valence-electron chi connectivity index (χ1n) is 7.05. The van der Waals surface area contributed by atoms with E-state index in [-0.39, 0.29) is 18.6 Å². The Morgan fingerprint density at radius 3 is 2.76 bits per heavy atom. The Kier molecular flexibility index (Phi) is 6.93. The molecule has 4 heteroatoms. The number of ether oxygens (including phenoxy) is 1. The maximum atomic E-state index is 12.6. The highest BCUT2D eigenvalue weighted by Crippen LogP contribution is 2.14. The van der Waals surface area contributed by atoms with Gasteiger partial charge in [0.05, 0.1) is 12.6 Å². The molecule has 0 aliphatic heterocycles. The van der Waals surface area contributed by atoms with Crippen LogP contribution in [0.1, 0.15) is 35.3 Å². The summed E-state index contributed by atoms with van der Waals surface area (Å²) in [5.41, 5.74) is 2.36. The number of aliphatic hydroxyl groups excluding tert-OH is 1. The van der Waals surface area contributed by atoms with E-state index in [1.165, 1.54) is 0 Å². The number of likely N-dealkylation sites (N-methyl/N-ethyl adjacent to an activating group) is 1. The van der Waals surface area contributed by atoms with E-state index in [1.54, 1.807) is 18.1 Å². The molecule has 4 nitrogen and oxygen atoms in total. The molecular formula is C17H23NO3. The zero-order valence-electron chi connectivity index (χ0n) is 13.1. The fraction of sp³-hybridized carbons (Fsp3) is 0.471. The third-order valence-electron chi connectivity index (χ3n) is 3.33. The van der Waals surface area contributed by atoms with Crippen molar-refractivity contribution in [2.24, 2.45) is 0 Å². The van der Waals surface area contributed by atoms with Crippen LogP contribution in [0.25, 0.3) is 0 Å². The second-order valence-corrected chi connectivity index (χ2v) is 4.89. The van der Waals surface area contributed by atoms with Crippen molar-refractivity contribution in [1.29, 1.82) is 0 Å². The van der Waals surface area contributed by atoms with Crippen LogP contribution in [0.4, 0.5) is 0 Å². The molecule has 21 heavy (non-hydrogen) atoms. The minimum absolute atomic E-state index is 0.0146. The zero-order valence-corrected chi connectivity index (χ0v) is 13.1. The first-order valence-corrected chi connectivity index (χ1v) is 7.05. The van der Waals surface area contributed by atoms with Gasteiger partial charge in [-0.3, -0.25) is 4.79 Å². The number of aryl methyl sites for hydroxylation is 1. The van der Waals surface area contributed by atoms with Crippen LogP contribution in [0.15, 0.2) is 18.2 Å². The Morgan fingerprint density at radius 1 is 1.48 bits per heavy atom. The lowest BCUT2D eigenvalue weighted by atomic mass is 10.0. The Morgan fingerprint density at radius 2 is 2.19 bits per heavy atom. The van der Waals surface area contributed by atoms with Gasteiger partial charge < -0.3 is 14.7 Å². The van der Waals surface area contributed by atoms with Gasteiger partial charge >= 0.3 is 0 Å². The van der Waals surface area contributed by atoms with Crippen molar-refractivity contribution in [3.8, 4) is 11.8 Å². The minimum Gasteiger partial charge on any atom is -0.384 e. The molecule has 1 atom stereocenters. The van der Waals surface area contributed by atoms with Crippen LogP contribution in [0.5, 0.6) is 0 Å². The van der Waals surface area contributed by atoms with E-state index >= 15 is 0 Å². The Labute approximate surface area is 126 Å². The molecule has 1 aromatic carbocycles. The van der Waals surface area contributed by atoms with Crippen molar-refractivity contribution in [2.45, 2.75) is 26.8 Å². The van der Waals surface area contributed by atoms with Gasteiger partial charge in [0.15, 0.2) is 0 Å². The molecule has 1 aromatic rings. The van der Waals surface area contributed by atoms with Gasteiger partial charge in [0, 0.05) is 24.8 Å². The van der Waals surface area contributed by atoms with Crippen molar-refractivity contribution in [2.75, 3.05) is 26.9 Å². The van der Waals surface area contributed by atoms with Crippen molar-refractivity contribution < 1.29 is 14.6 Å². The maximum Gasteiger partial charge on any atom is 0.254 e. The first kappa shape index (κ1) is 17.2. The fourth-order valence-electron chi connectivity index (χ4n) is 2.18. The Balaban J connectivity index is 3.06. The summed E-state index contributed by atoms with van der Waals surface area (Å²) in [5, 5.41) is 8.79. The number of hydrogen-bond acceptors (Lipinski definition) is 3. The summed E-state index contributed by atoms with van der Waals surface area (Å²) >= 11 is 0. The molecule has 0 heterocycles. The Hall–Kier alpha value is -1.83. The maximum absolute atomic E-state index is 12.6. The number of hydrogen-bond donors (Lipinski definition) is 1. The lowest BCUT2D eigenvalue weighted by Gasteiger charge is -2.27. The Bertz CT molecular complexity index is 543. The molecule has 0 aliphatic rings. The van der Waals surface area contributed by atoms with Gasteiger partial charge in [-0.15, -0.1) is 0 Å². The standard InChI is InChI=1S/C17H23NO3/c1-5-18(14(3)12-21-4)17(20)16-9-8-13(2)15(11-16)7-6-10-19/h8-9,11,14,19H,5,10,12H2,1-4H3. The summed E-state index contributed by atoms with van der Waals surface area (Å²) in [7, 11) is 1.63. The number of carbonyl (C=O) groups excluding carboxylic acids is 1. The third kappa shape index (κ3) is 4.59. The van der Waals surface area contributed by atoms with E-state index in [1.807, 2.05) is 32.9 Å². The van der Waals surface area contributed by atoms with Crippen LogP contribution in [0.2, 0.25) is 0 Å². The van der Waals surface area contributed by atoms with Gasteiger partial charge in [-0.2, -0.15) is 0 Å². The molecule has 1 N–H and O–H groups in total. The van der Waals surface area contributed by atoms with Crippen LogP contribution >= 0.6 is 0 Å². The highest BCUT2D eigenvalue weighted by atomic mass is 16.5. The summed E-state index contributed by atoms with van der Waals surface area (Å²) in [6.45, 7) is 6.78. The van der Waals surface area contributed by atoms with E-state index in [4.69, 9.17) is 9.84 Å². The van der Waals surface area contributed by atoms with E-state index in [2.05, 4.69) is 11.8 Å². The highest BCUT2D eigenvalue weighted by molar-refractivity contribution is 5.95. The lowest BCUT2D eigenvalue weighted by molar-refractivity contribution is 0.0579. The summed E-state index contributed by atoms with van der Waals surface area (Å²) in [4.78, 5) is 14.4. The second-order valence-electron chi connectivity index (χ2n) is 4.89. The van der Waals surface area contributed by atoms with Gasteiger partial charge in [-0.1, -0.05) is 17.9 Å². The van der Waals surface area contributed by atoms with E-state index in [9.17, 15) is 4.79 Å². The molecule has 0 saturated carbocycles. The predicted molar refractivity (Wildman–Crippen MR) is 83.2 cm³/mol. The summed E-state index contributed by atoms with van der Waals surface area (Å²) in [6.07, 6.45) is 0. The number of benzene rings is 1. The van der Waals surface area contributed by atoms with Crippen molar-refractivity contribution in [3.05, 3.63) is 34.9 Å². The number of rotatable bonds is 5. The van der Waals surface area contributed by atoms with Crippen molar-refractivity contribution in [1.82, 2.24) is 4.90 Å². The molecule has 1 rings (SSSR count). The third-order valence-corrected chi connectivity index (χ3v) is 3.33. The number of carbonyl (C=O) groups is 1. The largest absolute Gasteiger partial charge is 0.384 e. The number of amides is 1. The molecule has 0 bridgehead atoms. The highest BCUT2D eigenvalue weighted by Gasteiger charge is 2.20. The van der Waals surface area contributed by atoms with Crippen molar-refractivity contribution in [3.63, 3.8) is 0 Å². The molecule has 0 spiro atoms. The quantitative estimate of drug-likeness (QED) is 0.841. The van der Waals surface area contributed by atoms with Crippen molar-refractivity contribution >= 4 is 5.91 Å². The van der Waals surface area contributed by atoms with Crippen LogP contribution in [-0.2, 0) is 4.74 Å². The normalized spacial score (nSPS) is 11.5. The number of methoxy groups -OCH3 is 1. The predicted octanol–water partition coefficient (Wildman–Crippen LogP) is 1.84. The van der Waals surface area contributed by atoms with Gasteiger partial charge in [0.25, 0.3) is 5.91 Å². The molecule has 0 aromatic heterocycles. The van der Waals surface area contributed by atoms with Gasteiger partial charge in [0.1, 0.15) is 6.61 Å². The summed E-state index contributed by atoms with van der Waals surface area (Å²) in [5.74, 6) is 5.46. The zero-order chi connectivity index (χ0) is 15.8. The SMILES string of the molecule is CCN(C(=O)c1ccc(C)c(C#CCO)c1)C(C)COC. The van der Waals surface area contributed by atoms with E-state index in [0.29, 0.717) is 18.7 Å². The molecular weight excluding hydrogens is 266 g/mol. The minimum atomic E-state index is -0.191. The van der Waals surface area contributed by atoms with Gasteiger partial charge in [-0.05, 0) is 38.5 Å². The lowest BCUT2D eigenvalue weighted by Crippen LogP contribution is -2.40.